The number of thiophene rings is 1. The number of aromatic amines is 1. The molecule has 0 aliphatic carbocycles. The minimum absolute atomic E-state index is 0.0786. The molecule has 1 aromatic carbocycles. The van der Waals surface area contributed by atoms with Crippen LogP contribution in [0.25, 0.3) is 10.9 Å². The van der Waals surface area contributed by atoms with Crippen LogP contribution in [-0.4, -0.2) is 17.4 Å². The van der Waals surface area contributed by atoms with Crippen molar-refractivity contribution < 1.29 is 9.18 Å². The Morgan fingerprint density at radius 1 is 1.21 bits per heavy atom. The maximum atomic E-state index is 13.2. The second-order valence-corrected chi connectivity index (χ2v) is 6.57. The van der Waals surface area contributed by atoms with E-state index in [1.54, 1.807) is 23.5 Å². The molecular weight excluding hydrogens is 327 g/mol. The summed E-state index contributed by atoms with van der Waals surface area (Å²) in [6.45, 7) is 0.590. The van der Waals surface area contributed by atoms with E-state index in [1.165, 1.54) is 17.0 Å². The van der Waals surface area contributed by atoms with Crippen LogP contribution in [0.5, 0.6) is 0 Å². The van der Waals surface area contributed by atoms with Crippen LogP contribution in [0.4, 0.5) is 4.39 Å². The van der Waals surface area contributed by atoms with Gasteiger partial charge in [-0.1, -0.05) is 6.07 Å². The SMILES string of the molecule is O=C(CCc1cc2ccc(F)cc2[nH]c1=O)NCCc1cccs1. The van der Waals surface area contributed by atoms with Crippen LogP contribution in [0.2, 0.25) is 0 Å². The third kappa shape index (κ3) is 4.08. The Kier molecular flexibility index (Phi) is 5.05. The number of hydrogen-bond acceptors (Lipinski definition) is 3. The number of hydrogen-bond donors (Lipinski definition) is 2. The molecule has 0 unspecified atom stereocenters. The van der Waals surface area contributed by atoms with Gasteiger partial charge in [-0.3, -0.25) is 9.59 Å². The average molecular weight is 344 g/mol. The minimum Gasteiger partial charge on any atom is -0.356 e. The summed E-state index contributed by atoms with van der Waals surface area (Å²) in [7, 11) is 0. The number of carbonyl (C=O) groups is 1. The second kappa shape index (κ2) is 7.40. The van der Waals surface area contributed by atoms with E-state index in [0.717, 1.165) is 11.8 Å². The van der Waals surface area contributed by atoms with Crippen molar-refractivity contribution in [1.82, 2.24) is 10.3 Å². The predicted octanol–water partition coefficient (Wildman–Crippen LogP) is 3.02. The van der Waals surface area contributed by atoms with Gasteiger partial charge < -0.3 is 10.3 Å². The van der Waals surface area contributed by atoms with Gasteiger partial charge >= 0.3 is 0 Å². The molecule has 6 heteroatoms. The molecule has 0 spiro atoms. The van der Waals surface area contributed by atoms with Crippen molar-refractivity contribution >= 4 is 28.1 Å². The molecule has 24 heavy (non-hydrogen) atoms. The first-order chi connectivity index (χ1) is 11.6. The monoisotopic (exact) mass is 344 g/mol. The molecule has 2 N–H and O–H groups in total. The van der Waals surface area contributed by atoms with Crippen molar-refractivity contribution in [2.45, 2.75) is 19.3 Å². The van der Waals surface area contributed by atoms with Crippen molar-refractivity contribution in [2.75, 3.05) is 6.54 Å². The second-order valence-electron chi connectivity index (χ2n) is 5.53. The number of benzene rings is 1. The van der Waals surface area contributed by atoms with Crippen LogP contribution in [-0.2, 0) is 17.6 Å². The zero-order valence-electron chi connectivity index (χ0n) is 13.0. The Bertz CT molecular complexity index is 903. The van der Waals surface area contributed by atoms with Crippen molar-refractivity contribution in [3.8, 4) is 0 Å². The lowest BCUT2D eigenvalue weighted by Crippen LogP contribution is -2.26. The van der Waals surface area contributed by atoms with Gasteiger partial charge in [0.15, 0.2) is 0 Å². The maximum absolute atomic E-state index is 13.2. The van der Waals surface area contributed by atoms with Crippen LogP contribution in [0.1, 0.15) is 16.9 Å². The average Bonchev–Trinajstić information content (AvgIpc) is 3.06. The first-order valence-electron chi connectivity index (χ1n) is 7.72. The fourth-order valence-electron chi connectivity index (χ4n) is 2.52. The van der Waals surface area contributed by atoms with Gasteiger partial charge in [0.25, 0.3) is 5.56 Å². The van der Waals surface area contributed by atoms with Crippen LogP contribution < -0.4 is 10.9 Å². The quantitative estimate of drug-likeness (QED) is 0.722. The van der Waals surface area contributed by atoms with Gasteiger partial charge in [0, 0.05) is 23.4 Å². The van der Waals surface area contributed by atoms with E-state index < -0.39 is 5.82 Å². The van der Waals surface area contributed by atoms with E-state index in [0.29, 0.717) is 24.0 Å². The topological polar surface area (TPSA) is 62.0 Å². The van der Waals surface area contributed by atoms with Gasteiger partial charge in [0.1, 0.15) is 5.82 Å². The third-order valence-electron chi connectivity index (χ3n) is 3.78. The Morgan fingerprint density at radius 2 is 2.08 bits per heavy atom. The van der Waals surface area contributed by atoms with Gasteiger partial charge in [-0.2, -0.15) is 0 Å². The highest BCUT2D eigenvalue weighted by atomic mass is 32.1. The van der Waals surface area contributed by atoms with Gasteiger partial charge in [-0.25, -0.2) is 4.39 Å². The molecule has 124 valence electrons. The van der Waals surface area contributed by atoms with E-state index in [-0.39, 0.29) is 17.9 Å². The number of aryl methyl sites for hydroxylation is 1. The van der Waals surface area contributed by atoms with Crippen LogP contribution in [0, 0.1) is 5.82 Å². The highest BCUT2D eigenvalue weighted by Gasteiger charge is 2.07. The first kappa shape index (κ1) is 16.4. The molecule has 0 bridgehead atoms. The summed E-state index contributed by atoms with van der Waals surface area (Å²) in [5.74, 6) is -0.471. The first-order valence-corrected chi connectivity index (χ1v) is 8.60. The molecule has 0 saturated heterocycles. The third-order valence-corrected chi connectivity index (χ3v) is 4.72. The van der Waals surface area contributed by atoms with Crippen molar-refractivity contribution in [1.29, 1.82) is 0 Å². The number of nitrogens with one attached hydrogen (secondary N) is 2. The summed E-state index contributed by atoms with van der Waals surface area (Å²) < 4.78 is 13.2. The largest absolute Gasteiger partial charge is 0.356 e. The number of halogens is 1. The summed E-state index contributed by atoms with van der Waals surface area (Å²) in [6.07, 6.45) is 1.42. The fourth-order valence-corrected chi connectivity index (χ4v) is 3.23. The summed E-state index contributed by atoms with van der Waals surface area (Å²) in [5.41, 5.74) is 0.714. The molecule has 3 aromatic rings. The van der Waals surface area contributed by atoms with E-state index in [1.807, 2.05) is 17.5 Å². The lowest BCUT2D eigenvalue weighted by molar-refractivity contribution is -0.121. The summed E-state index contributed by atoms with van der Waals surface area (Å²) in [5, 5.41) is 5.62. The number of pyridine rings is 1. The Balaban J connectivity index is 1.56. The van der Waals surface area contributed by atoms with E-state index in [2.05, 4.69) is 10.3 Å². The summed E-state index contributed by atoms with van der Waals surface area (Å²) in [4.78, 5) is 27.8. The lowest BCUT2D eigenvalue weighted by Gasteiger charge is -2.05. The molecule has 0 fully saturated rings. The Hall–Kier alpha value is -2.47. The molecule has 3 rings (SSSR count). The highest BCUT2D eigenvalue weighted by molar-refractivity contribution is 7.09. The minimum atomic E-state index is -0.393. The molecule has 0 saturated carbocycles. The predicted molar refractivity (Wildman–Crippen MR) is 93.9 cm³/mol. The van der Waals surface area contributed by atoms with Crippen molar-refractivity contribution in [3.05, 3.63) is 68.4 Å². The van der Waals surface area contributed by atoms with Crippen LogP contribution in [0.3, 0.4) is 0 Å². The van der Waals surface area contributed by atoms with Crippen molar-refractivity contribution in [2.24, 2.45) is 0 Å². The van der Waals surface area contributed by atoms with Gasteiger partial charge in [0.05, 0.1) is 5.52 Å². The molecule has 0 aliphatic heterocycles. The van der Waals surface area contributed by atoms with Gasteiger partial charge in [0.2, 0.25) is 5.91 Å². The summed E-state index contributed by atoms with van der Waals surface area (Å²) in [6, 6.07) is 9.99. The zero-order chi connectivity index (χ0) is 16.9. The number of amides is 1. The number of carbonyl (C=O) groups excluding carboxylic acids is 1. The van der Waals surface area contributed by atoms with Gasteiger partial charge in [-0.15, -0.1) is 11.3 Å². The molecule has 0 atom stereocenters. The number of fused-ring (bicyclic) bond motifs is 1. The van der Waals surface area contributed by atoms with Crippen LogP contribution >= 0.6 is 11.3 Å². The maximum Gasteiger partial charge on any atom is 0.251 e. The standard InChI is InChI=1S/C18H17FN2O2S/c19-14-5-3-12-10-13(18(23)21-16(12)11-14)4-6-17(22)20-8-7-15-2-1-9-24-15/h1-3,5,9-11H,4,6-8H2,(H,20,22)(H,21,23). The van der Waals surface area contributed by atoms with Gasteiger partial charge in [-0.05, 0) is 53.9 Å². The molecule has 4 nitrogen and oxygen atoms in total. The molecule has 2 aromatic heterocycles. The number of aromatic nitrogens is 1. The Morgan fingerprint density at radius 3 is 2.88 bits per heavy atom. The fraction of sp³-hybridized carbons (Fsp3) is 0.222. The van der Waals surface area contributed by atoms with E-state index in [9.17, 15) is 14.0 Å². The molecule has 2 heterocycles. The smallest absolute Gasteiger partial charge is 0.251 e. The van der Waals surface area contributed by atoms with E-state index in [4.69, 9.17) is 0 Å². The zero-order valence-corrected chi connectivity index (χ0v) is 13.8. The molecule has 1 amide bonds. The number of H-pyrrole nitrogens is 1. The van der Waals surface area contributed by atoms with E-state index >= 15 is 0 Å². The van der Waals surface area contributed by atoms with Crippen LogP contribution in [0.15, 0.2) is 46.6 Å². The molecule has 0 aliphatic rings. The number of rotatable bonds is 6. The highest BCUT2D eigenvalue weighted by Crippen LogP contribution is 2.13. The normalized spacial score (nSPS) is 10.9. The lowest BCUT2D eigenvalue weighted by atomic mass is 10.1. The molecular formula is C18H17FN2O2S. The summed E-state index contributed by atoms with van der Waals surface area (Å²) >= 11 is 1.67. The Labute approximate surface area is 142 Å². The van der Waals surface area contributed by atoms with Crippen molar-refractivity contribution in [3.63, 3.8) is 0 Å². The molecule has 0 radical (unpaired) electrons.